The molecule has 0 amide bonds. The average Bonchev–Trinajstić information content (AvgIpc) is 3.10. The second-order valence-electron chi connectivity index (χ2n) is 5.80. The summed E-state index contributed by atoms with van der Waals surface area (Å²) in [6.07, 6.45) is 2.49. The summed E-state index contributed by atoms with van der Waals surface area (Å²) >= 11 is 0. The van der Waals surface area contributed by atoms with Gasteiger partial charge in [-0.1, -0.05) is 23.8 Å². The van der Waals surface area contributed by atoms with Crippen LogP contribution in [-0.2, 0) is 4.79 Å². The highest BCUT2D eigenvalue weighted by Crippen LogP contribution is 2.33. The molecule has 1 aromatic carbocycles. The third-order valence-electron chi connectivity index (χ3n) is 3.95. The minimum atomic E-state index is -0.739. The Kier molecular flexibility index (Phi) is 4.25. The number of carboxylic acid groups (broad SMARTS) is 1. The molecule has 19 heavy (non-hydrogen) atoms. The molecular formula is C16H23NO2. The van der Waals surface area contributed by atoms with E-state index in [-0.39, 0.29) is 12.6 Å². The number of carboxylic acids is 1. The third-order valence-corrected chi connectivity index (χ3v) is 3.95. The minimum Gasteiger partial charge on any atom is -0.480 e. The second-order valence-corrected chi connectivity index (χ2v) is 5.80. The first-order chi connectivity index (χ1) is 8.97. The lowest BCUT2D eigenvalue weighted by molar-refractivity contribution is -0.139. The first kappa shape index (κ1) is 14.1. The average molecular weight is 261 g/mol. The Labute approximate surface area is 115 Å². The van der Waals surface area contributed by atoms with Crippen LogP contribution in [0.3, 0.4) is 0 Å². The summed E-state index contributed by atoms with van der Waals surface area (Å²) in [7, 11) is 0. The second kappa shape index (κ2) is 5.74. The number of benzene rings is 1. The number of hydrogen-bond acceptors (Lipinski definition) is 2. The minimum absolute atomic E-state index is 0.130. The van der Waals surface area contributed by atoms with Crippen LogP contribution in [0, 0.1) is 19.8 Å². The van der Waals surface area contributed by atoms with Gasteiger partial charge >= 0.3 is 5.97 Å². The van der Waals surface area contributed by atoms with E-state index in [0.717, 1.165) is 6.54 Å². The molecule has 1 aliphatic carbocycles. The van der Waals surface area contributed by atoms with Gasteiger partial charge in [-0.2, -0.15) is 0 Å². The van der Waals surface area contributed by atoms with Crippen LogP contribution in [0.25, 0.3) is 0 Å². The van der Waals surface area contributed by atoms with Crippen LogP contribution in [0.5, 0.6) is 0 Å². The Morgan fingerprint density at radius 3 is 2.63 bits per heavy atom. The Morgan fingerprint density at radius 2 is 2.11 bits per heavy atom. The van der Waals surface area contributed by atoms with Crippen molar-refractivity contribution in [2.45, 2.75) is 39.7 Å². The topological polar surface area (TPSA) is 40.5 Å². The third kappa shape index (κ3) is 3.80. The maximum absolute atomic E-state index is 11.0. The molecule has 1 aliphatic rings. The SMILES string of the molecule is Cc1ccc(C(C)N(CC(=O)O)CC2CC2)c(C)c1. The molecule has 2 rings (SSSR count). The first-order valence-corrected chi connectivity index (χ1v) is 7.00. The molecule has 1 aromatic rings. The Hall–Kier alpha value is -1.35. The molecule has 0 heterocycles. The molecule has 0 aromatic heterocycles. The highest BCUT2D eigenvalue weighted by atomic mass is 16.4. The van der Waals surface area contributed by atoms with Gasteiger partial charge in [-0.05, 0) is 50.7 Å². The molecule has 1 atom stereocenters. The van der Waals surface area contributed by atoms with Crippen molar-refractivity contribution in [2.24, 2.45) is 5.92 Å². The highest BCUT2D eigenvalue weighted by molar-refractivity contribution is 5.69. The molecule has 0 bridgehead atoms. The van der Waals surface area contributed by atoms with Gasteiger partial charge in [-0.3, -0.25) is 9.69 Å². The van der Waals surface area contributed by atoms with E-state index in [1.54, 1.807) is 0 Å². The van der Waals surface area contributed by atoms with Gasteiger partial charge in [-0.15, -0.1) is 0 Å². The Balaban J connectivity index is 2.16. The summed E-state index contributed by atoms with van der Waals surface area (Å²) in [5.41, 5.74) is 3.74. The number of rotatable bonds is 6. The molecule has 0 radical (unpaired) electrons. The van der Waals surface area contributed by atoms with Crippen LogP contribution in [0.2, 0.25) is 0 Å². The van der Waals surface area contributed by atoms with Crippen LogP contribution >= 0.6 is 0 Å². The molecular weight excluding hydrogens is 238 g/mol. The molecule has 104 valence electrons. The molecule has 0 spiro atoms. The van der Waals surface area contributed by atoms with E-state index in [0.29, 0.717) is 5.92 Å². The van der Waals surface area contributed by atoms with Gasteiger partial charge in [0.25, 0.3) is 0 Å². The van der Waals surface area contributed by atoms with Crippen molar-refractivity contribution in [3.8, 4) is 0 Å². The van der Waals surface area contributed by atoms with E-state index in [2.05, 4.69) is 43.9 Å². The van der Waals surface area contributed by atoms with Crippen LogP contribution in [0.4, 0.5) is 0 Å². The van der Waals surface area contributed by atoms with Gasteiger partial charge in [0, 0.05) is 12.6 Å². The summed E-state index contributed by atoms with van der Waals surface area (Å²) in [6.45, 7) is 7.34. The van der Waals surface area contributed by atoms with Gasteiger partial charge in [0.2, 0.25) is 0 Å². The van der Waals surface area contributed by atoms with Crippen molar-refractivity contribution in [1.82, 2.24) is 4.90 Å². The predicted molar refractivity (Wildman–Crippen MR) is 76.3 cm³/mol. The van der Waals surface area contributed by atoms with Gasteiger partial charge in [0.1, 0.15) is 0 Å². The van der Waals surface area contributed by atoms with Gasteiger partial charge in [0.15, 0.2) is 0 Å². The zero-order chi connectivity index (χ0) is 14.0. The monoisotopic (exact) mass is 261 g/mol. The van der Waals surface area contributed by atoms with E-state index in [4.69, 9.17) is 5.11 Å². The molecule has 3 heteroatoms. The van der Waals surface area contributed by atoms with Gasteiger partial charge in [0.05, 0.1) is 6.54 Å². The van der Waals surface area contributed by atoms with Gasteiger partial charge in [-0.25, -0.2) is 0 Å². The number of aryl methyl sites for hydroxylation is 2. The lowest BCUT2D eigenvalue weighted by Gasteiger charge is -2.29. The highest BCUT2D eigenvalue weighted by Gasteiger charge is 2.28. The van der Waals surface area contributed by atoms with Crippen LogP contribution in [0.15, 0.2) is 18.2 Å². The van der Waals surface area contributed by atoms with Crippen LogP contribution < -0.4 is 0 Å². The maximum Gasteiger partial charge on any atom is 0.317 e. The molecule has 1 fully saturated rings. The summed E-state index contributed by atoms with van der Waals surface area (Å²) in [6, 6.07) is 6.57. The standard InChI is InChI=1S/C16H23NO2/c1-11-4-7-15(12(2)8-11)13(3)17(10-16(18)19)9-14-5-6-14/h4,7-8,13-14H,5-6,9-10H2,1-3H3,(H,18,19). The number of hydrogen-bond donors (Lipinski definition) is 1. The maximum atomic E-state index is 11.0. The van der Waals surface area contributed by atoms with E-state index >= 15 is 0 Å². The van der Waals surface area contributed by atoms with Crippen LogP contribution in [0.1, 0.15) is 42.5 Å². The fourth-order valence-electron chi connectivity index (χ4n) is 2.66. The van der Waals surface area contributed by atoms with E-state index in [1.807, 2.05) is 0 Å². The smallest absolute Gasteiger partial charge is 0.317 e. The normalized spacial score (nSPS) is 16.6. The fraction of sp³-hybridized carbons (Fsp3) is 0.562. The first-order valence-electron chi connectivity index (χ1n) is 7.00. The fourth-order valence-corrected chi connectivity index (χ4v) is 2.66. The number of aliphatic carboxylic acids is 1. The summed E-state index contributed by atoms with van der Waals surface area (Å²) in [5.74, 6) is -0.0372. The lowest BCUT2D eigenvalue weighted by atomic mass is 9.99. The summed E-state index contributed by atoms with van der Waals surface area (Å²) in [5, 5.41) is 9.08. The summed E-state index contributed by atoms with van der Waals surface area (Å²) in [4.78, 5) is 13.1. The zero-order valence-electron chi connectivity index (χ0n) is 12.0. The summed E-state index contributed by atoms with van der Waals surface area (Å²) < 4.78 is 0. The van der Waals surface area contributed by atoms with Gasteiger partial charge < -0.3 is 5.11 Å². The quantitative estimate of drug-likeness (QED) is 0.855. The van der Waals surface area contributed by atoms with E-state index < -0.39 is 5.97 Å². The molecule has 0 aliphatic heterocycles. The zero-order valence-corrected chi connectivity index (χ0v) is 12.0. The largest absolute Gasteiger partial charge is 0.480 e. The molecule has 3 nitrogen and oxygen atoms in total. The molecule has 0 saturated heterocycles. The van der Waals surface area contributed by atoms with Crippen molar-refractivity contribution in [3.05, 3.63) is 34.9 Å². The van der Waals surface area contributed by atoms with E-state index in [1.165, 1.54) is 29.5 Å². The van der Waals surface area contributed by atoms with Crippen LogP contribution in [-0.4, -0.2) is 29.1 Å². The predicted octanol–water partition coefficient (Wildman–Crippen LogP) is 3.16. The van der Waals surface area contributed by atoms with E-state index in [9.17, 15) is 4.79 Å². The Bertz CT molecular complexity index is 466. The molecule has 1 unspecified atom stereocenters. The van der Waals surface area contributed by atoms with Crippen molar-refractivity contribution in [2.75, 3.05) is 13.1 Å². The number of nitrogens with zero attached hydrogens (tertiary/aromatic N) is 1. The van der Waals surface area contributed by atoms with Crippen molar-refractivity contribution < 1.29 is 9.90 Å². The van der Waals surface area contributed by atoms with Crippen molar-refractivity contribution >= 4 is 5.97 Å². The Morgan fingerprint density at radius 1 is 1.42 bits per heavy atom. The molecule has 1 N–H and O–H groups in total. The molecule has 1 saturated carbocycles. The number of carbonyl (C=O) groups is 1. The lowest BCUT2D eigenvalue weighted by Crippen LogP contribution is -2.34. The van der Waals surface area contributed by atoms with Crippen molar-refractivity contribution in [1.29, 1.82) is 0 Å². The van der Waals surface area contributed by atoms with Crippen molar-refractivity contribution in [3.63, 3.8) is 0 Å².